The van der Waals surface area contributed by atoms with Crippen LogP contribution in [0.3, 0.4) is 0 Å². The highest BCUT2D eigenvalue weighted by Crippen LogP contribution is 2.32. The summed E-state index contributed by atoms with van der Waals surface area (Å²) < 4.78 is 38.1. The summed E-state index contributed by atoms with van der Waals surface area (Å²) in [5.74, 6) is -2.36. The van der Waals surface area contributed by atoms with E-state index in [1.54, 1.807) is 0 Å². The molecule has 0 spiro atoms. The van der Waals surface area contributed by atoms with Crippen LogP contribution in [0.2, 0.25) is 0 Å². The number of amides is 1. The number of aromatic nitrogens is 3. The van der Waals surface area contributed by atoms with Gasteiger partial charge in [0.2, 0.25) is 0 Å². The minimum atomic E-state index is -4.74. The van der Waals surface area contributed by atoms with Gasteiger partial charge >= 0.3 is 12.1 Å². The van der Waals surface area contributed by atoms with Crippen molar-refractivity contribution in [2.75, 3.05) is 5.32 Å². The average Bonchev–Trinajstić information content (AvgIpc) is 2.91. The fraction of sp³-hybridized carbons (Fsp3) is 0.0909. The summed E-state index contributed by atoms with van der Waals surface area (Å²) in [6.45, 7) is 0. The first-order valence-electron chi connectivity index (χ1n) is 5.40. The number of alkyl halides is 3. The second-order valence-corrected chi connectivity index (χ2v) is 3.91. The van der Waals surface area contributed by atoms with Crippen LogP contribution >= 0.6 is 0 Å². The predicted octanol–water partition coefficient (Wildman–Crippen LogP) is 1.77. The topological polar surface area (TPSA) is 108 Å². The molecule has 21 heavy (non-hydrogen) atoms. The van der Waals surface area contributed by atoms with E-state index in [1.807, 2.05) is 0 Å². The lowest BCUT2D eigenvalue weighted by Gasteiger charge is -2.11. The standard InChI is InChI=1S/C11H7F3N4O3/c12-11(13,14)6-1-5(10(20)21)2-7(3-6)16-9(19)8-4-15-18-17-8/h1-4H,(H,16,19)(H,20,21)(H,15,17,18). The number of hydrogen-bond acceptors (Lipinski definition) is 4. The molecule has 1 aromatic carbocycles. The van der Waals surface area contributed by atoms with Gasteiger partial charge in [0, 0.05) is 5.69 Å². The summed E-state index contributed by atoms with van der Waals surface area (Å²) in [6, 6.07) is 2.02. The number of rotatable bonds is 3. The van der Waals surface area contributed by atoms with Gasteiger partial charge in [0.1, 0.15) is 0 Å². The number of carbonyl (C=O) groups is 2. The molecular formula is C11H7F3N4O3. The smallest absolute Gasteiger partial charge is 0.416 e. The number of benzene rings is 1. The van der Waals surface area contributed by atoms with E-state index in [1.165, 1.54) is 0 Å². The van der Waals surface area contributed by atoms with Crippen molar-refractivity contribution in [1.29, 1.82) is 0 Å². The SMILES string of the molecule is O=C(O)c1cc(NC(=O)c2cn[nH]n2)cc(C(F)(F)F)c1. The predicted molar refractivity (Wildman–Crippen MR) is 62.7 cm³/mol. The van der Waals surface area contributed by atoms with Crippen molar-refractivity contribution >= 4 is 17.6 Å². The minimum Gasteiger partial charge on any atom is -0.478 e. The lowest BCUT2D eigenvalue weighted by Crippen LogP contribution is -2.15. The number of nitrogens with zero attached hydrogens (tertiary/aromatic N) is 2. The molecule has 110 valence electrons. The Hall–Kier alpha value is -2.91. The van der Waals surface area contributed by atoms with Crippen LogP contribution in [-0.2, 0) is 6.18 Å². The van der Waals surface area contributed by atoms with Gasteiger partial charge in [-0.15, -0.1) is 0 Å². The highest BCUT2D eigenvalue weighted by molar-refractivity contribution is 6.03. The van der Waals surface area contributed by atoms with Gasteiger partial charge in [0.15, 0.2) is 5.69 Å². The van der Waals surface area contributed by atoms with Gasteiger partial charge in [-0.1, -0.05) is 0 Å². The van der Waals surface area contributed by atoms with Gasteiger partial charge in [-0.3, -0.25) is 4.79 Å². The zero-order valence-corrected chi connectivity index (χ0v) is 10.1. The third kappa shape index (κ3) is 3.35. The number of carboxylic acids is 1. The summed E-state index contributed by atoms with van der Waals surface area (Å²) in [5, 5.41) is 19.9. The molecular weight excluding hydrogens is 293 g/mol. The molecule has 0 aliphatic carbocycles. The quantitative estimate of drug-likeness (QED) is 0.800. The first-order chi connectivity index (χ1) is 9.77. The fourth-order valence-corrected chi connectivity index (χ4v) is 1.49. The summed E-state index contributed by atoms with van der Waals surface area (Å²) in [5.41, 5.74) is -2.24. The minimum absolute atomic E-state index is 0.149. The van der Waals surface area contributed by atoms with Gasteiger partial charge in [-0.2, -0.15) is 28.6 Å². The number of hydrogen-bond donors (Lipinski definition) is 3. The van der Waals surface area contributed by atoms with Crippen molar-refractivity contribution in [2.24, 2.45) is 0 Å². The van der Waals surface area contributed by atoms with E-state index < -0.39 is 29.2 Å². The third-order valence-electron chi connectivity index (χ3n) is 2.41. The molecule has 0 saturated heterocycles. The number of aromatic carboxylic acids is 1. The Kier molecular flexibility index (Phi) is 3.61. The average molecular weight is 300 g/mol. The van der Waals surface area contributed by atoms with Crippen LogP contribution in [0.1, 0.15) is 26.4 Å². The molecule has 0 bridgehead atoms. The van der Waals surface area contributed by atoms with Crippen molar-refractivity contribution < 1.29 is 27.9 Å². The van der Waals surface area contributed by atoms with E-state index in [0.717, 1.165) is 12.3 Å². The molecule has 7 nitrogen and oxygen atoms in total. The molecule has 0 aliphatic rings. The Morgan fingerprint density at radius 3 is 2.48 bits per heavy atom. The molecule has 0 aliphatic heterocycles. The van der Waals surface area contributed by atoms with Gasteiger partial charge < -0.3 is 10.4 Å². The molecule has 2 aromatic rings. The molecule has 1 heterocycles. The first kappa shape index (κ1) is 14.5. The van der Waals surface area contributed by atoms with Gasteiger partial charge in [-0.05, 0) is 18.2 Å². The van der Waals surface area contributed by atoms with Crippen molar-refractivity contribution in [3.8, 4) is 0 Å². The number of anilines is 1. The lowest BCUT2D eigenvalue weighted by atomic mass is 10.1. The van der Waals surface area contributed by atoms with Crippen LogP contribution < -0.4 is 5.32 Å². The Morgan fingerprint density at radius 2 is 1.95 bits per heavy atom. The summed E-state index contributed by atoms with van der Waals surface area (Å²) >= 11 is 0. The fourth-order valence-electron chi connectivity index (χ4n) is 1.49. The number of aromatic amines is 1. The highest BCUT2D eigenvalue weighted by Gasteiger charge is 2.32. The number of nitrogens with one attached hydrogen (secondary N) is 2. The van der Waals surface area contributed by atoms with Crippen molar-refractivity contribution in [1.82, 2.24) is 15.4 Å². The molecule has 0 unspecified atom stereocenters. The van der Waals surface area contributed by atoms with Crippen LogP contribution in [0.15, 0.2) is 24.4 Å². The zero-order valence-electron chi connectivity index (χ0n) is 10.1. The summed E-state index contributed by atoms with van der Waals surface area (Å²) in [4.78, 5) is 22.5. The Bertz CT molecular complexity index is 683. The van der Waals surface area contributed by atoms with Gasteiger partial charge in [0.25, 0.3) is 5.91 Å². The molecule has 0 atom stereocenters. The number of carboxylic acid groups (broad SMARTS) is 1. The molecule has 2 rings (SSSR count). The van der Waals surface area contributed by atoms with Crippen molar-refractivity contribution in [2.45, 2.75) is 6.18 Å². The van der Waals surface area contributed by atoms with E-state index in [-0.39, 0.29) is 11.4 Å². The van der Waals surface area contributed by atoms with Gasteiger partial charge in [-0.25, -0.2) is 4.79 Å². The van der Waals surface area contributed by atoms with Crippen LogP contribution in [0.4, 0.5) is 18.9 Å². The Labute approximate surface area is 114 Å². The monoisotopic (exact) mass is 300 g/mol. The van der Waals surface area contributed by atoms with E-state index in [0.29, 0.717) is 12.1 Å². The molecule has 10 heteroatoms. The Balaban J connectivity index is 2.37. The largest absolute Gasteiger partial charge is 0.478 e. The number of halogens is 3. The number of H-pyrrole nitrogens is 1. The maximum absolute atomic E-state index is 12.7. The highest BCUT2D eigenvalue weighted by atomic mass is 19.4. The molecule has 1 aromatic heterocycles. The molecule has 0 fully saturated rings. The Morgan fingerprint density at radius 1 is 1.24 bits per heavy atom. The van der Waals surface area contributed by atoms with E-state index >= 15 is 0 Å². The van der Waals surface area contributed by atoms with Crippen LogP contribution in [0, 0.1) is 0 Å². The van der Waals surface area contributed by atoms with Crippen LogP contribution in [0.25, 0.3) is 0 Å². The molecule has 3 N–H and O–H groups in total. The molecule has 1 amide bonds. The first-order valence-corrected chi connectivity index (χ1v) is 5.40. The third-order valence-corrected chi connectivity index (χ3v) is 2.41. The van der Waals surface area contributed by atoms with E-state index in [9.17, 15) is 22.8 Å². The van der Waals surface area contributed by atoms with E-state index in [4.69, 9.17) is 5.11 Å². The molecule has 0 radical (unpaired) electrons. The number of carbonyl (C=O) groups excluding carboxylic acids is 1. The molecule has 0 saturated carbocycles. The van der Waals surface area contributed by atoms with Gasteiger partial charge in [0.05, 0.1) is 17.3 Å². The summed E-state index contributed by atoms with van der Waals surface area (Å²) in [7, 11) is 0. The van der Waals surface area contributed by atoms with Crippen LogP contribution in [0.5, 0.6) is 0 Å². The maximum Gasteiger partial charge on any atom is 0.416 e. The zero-order chi connectivity index (χ0) is 15.6. The lowest BCUT2D eigenvalue weighted by molar-refractivity contribution is -0.137. The van der Waals surface area contributed by atoms with E-state index in [2.05, 4.69) is 20.7 Å². The second-order valence-electron chi connectivity index (χ2n) is 3.91. The van der Waals surface area contributed by atoms with Crippen molar-refractivity contribution in [3.05, 3.63) is 41.2 Å². The maximum atomic E-state index is 12.7. The second kappa shape index (κ2) is 5.23. The van der Waals surface area contributed by atoms with Crippen molar-refractivity contribution in [3.63, 3.8) is 0 Å². The summed E-state index contributed by atoms with van der Waals surface area (Å²) in [6.07, 6.45) is -3.67. The van der Waals surface area contributed by atoms with Crippen LogP contribution in [-0.4, -0.2) is 32.4 Å². The normalized spacial score (nSPS) is 11.2.